The van der Waals surface area contributed by atoms with E-state index in [4.69, 9.17) is 8.92 Å². The monoisotopic (exact) mass is 438 g/mol. The van der Waals surface area contributed by atoms with Crippen molar-refractivity contribution in [2.24, 2.45) is 5.41 Å². The number of aliphatic carboxylic acids is 1. The third-order valence-electron chi connectivity index (χ3n) is 4.08. The van der Waals surface area contributed by atoms with Crippen molar-refractivity contribution in [1.82, 2.24) is 10.2 Å². The molecule has 0 fully saturated rings. The van der Waals surface area contributed by atoms with E-state index in [1.165, 1.54) is 39.8 Å². The van der Waals surface area contributed by atoms with Gasteiger partial charge in [0.15, 0.2) is 0 Å². The summed E-state index contributed by atoms with van der Waals surface area (Å²) in [5.74, 6) is -3.64. The largest absolute Gasteiger partial charge is 0.478 e. The van der Waals surface area contributed by atoms with Gasteiger partial charge in [-0.1, -0.05) is 13.8 Å². The number of hydrogen-bond donors (Lipinski definition) is 2. The van der Waals surface area contributed by atoms with Gasteiger partial charge in [-0.3, -0.25) is 18.6 Å². The molecule has 0 aliphatic heterocycles. The molecule has 0 aromatic rings. The number of ether oxygens (including phenoxy) is 1. The fraction of sp³-hybridized carbons (Fsp3) is 0.765. The van der Waals surface area contributed by atoms with Crippen molar-refractivity contribution in [3.05, 3.63) is 0 Å². The molecule has 11 nitrogen and oxygen atoms in total. The summed E-state index contributed by atoms with van der Waals surface area (Å²) in [5, 5.41) is 11.9. The molecule has 12 heteroatoms. The normalized spacial score (nSPS) is 13.9. The fourth-order valence-electron chi connectivity index (χ4n) is 2.36. The van der Waals surface area contributed by atoms with Crippen molar-refractivity contribution >= 4 is 33.9 Å². The van der Waals surface area contributed by atoms with E-state index in [2.05, 4.69) is 5.32 Å². The van der Waals surface area contributed by atoms with Crippen LogP contribution >= 0.6 is 0 Å². The van der Waals surface area contributed by atoms with Gasteiger partial charge in [0.05, 0.1) is 18.3 Å². The lowest BCUT2D eigenvalue weighted by molar-refractivity contribution is -0.176. The van der Waals surface area contributed by atoms with E-state index in [-0.39, 0.29) is 18.9 Å². The summed E-state index contributed by atoms with van der Waals surface area (Å²) in [4.78, 5) is 47.2. The summed E-state index contributed by atoms with van der Waals surface area (Å²) in [7, 11) is -1.27. The van der Waals surface area contributed by atoms with Gasteiger partial charge in [0, 0.05) is 39.9 Å². The van der Waals surface area contributed by atoms with E-state index < -0.39 is 57.8 Å². The average molecular weight is 438 g/mol. The molecule has 168 valence electrons. The van der Waals surface area contributed by atoms with Crippen molar-refractivity contribution < 1.29 is 41.6 Å². The maximum absolute atomic E-state index is 12.4. The van der Waals surface area contributed by atoms with Crippen molar-refractivity contribution in [2.75, 3.05) is 26.4 Å². The van der Waals surface area contributed by atoms with Gasteiger partial charge in [-0.05, 0) is 6.42 Å². The van der Waals surface area contributed by atoms with Crippen LogP contribution in [0, 0.1) is 5.41 Å². The first-order valence-electron chi connectivity index (χ1n) is 8.85. The summed E-state index contributed by atoms with van der Waals surface area (Å²) in [6, 6.07) is 0. The van der Waals surface area contributed by atoms with Gasteiger partial charge in [0.2, 0.25) is 17.9 Å². The lowest BCUT2D eigenvalue weighted by Gasteiger charge is -2.37. The van der Waals surface area contributed by atoms with Crippen LogP contribution in [0.4, 0.5) is 0 Å². The number of carboxylic acid groups (broad SMARTS) is 1. The van der Waals surface area contributed by atoms with Crippen molar-refractivity contribution in [3.63, 3.8) is 0 Å². The minimum atomic E-state index is -4.18. The molecular weight excluding hydrogens is 408 g/mol. The molecule has 1 unspecified atom stereocenters. The first-order chi connectivity index (χ1) is 13.1. The summed E-state index contributed by atoms with van der Waals surface area (Å²) >= 11 is 0. The first kappa shape index (κ1) is 26.8. The Morgan fingerprint density at radius 1 is 1.14 bits per heavy atom. The molecule has 0 aromatic carbocycles. The lowest BCUT2D eigenvalue weighted by Crippen LogP contribution is -2.50. The second-order valence-corrected chi connectivity index (χ2v) is 9.04. The van der Waals surface area contributed by atoms with Crippen LogP contribution in [0.15, 0.2) is 0 Å². The number of carboxylic acids is 1. The number of carbonyl (C=O) groups is 4. The van der Waals surface area contributed by atoms with Crippen LogP contribution in [-0.2, 0) is 38.2 Å². The Balaban J connectivity index is 5.66. The summed E-state index contributed by atoms with van der Waals surface area (Å²) < 4.78 is 34.8. The van der Waals surface area contributed by atoms with E-state index in [1.54, 1.807) is 0 Å². The van der Waals surface area contributed by atoms with Crippen molar-refractivity contribution in [2.45, 2.75) is 52.7 Å². The van der Waals surface area contributed by atoms with Gasteiger partial charge >= 0.3 is 11.9 Å². The molecule has 2 atom stereocenters. The standard InChI is InChI=1S/C17H30N2O9S/c1-11(20)18-8-7-9-29(25,26)28-13(10-14(22)19(5)6)17(3,4)15(16(23)24)27-12(2)21/h13,15H,7-10H2,1-6H3,(H,18,20)(H,23,24)/t13?,15-/m0/s1. The molecule has 0 saturated carbocycles. The van der Waals surface area contributed by atoms with Crippen LogP contribution < -0.4 is 5.32 Å². The number of carbonyl (C=O) groups excluding carboxylic acids is 3. The van der Waals surface area contributed by atoms with Gasteiger partial charge < -0.3 is 20.1 Å². The molecule has 29 heavy (non-hydrogen) atoms. The smallest absolute Gasteiger partial charge is 0.345 e. The molecule has 2 N–H and O–H groups in total. The summed E-state index contributed by atoms with van der Waals surface area (Å²) in [6.45, 7) is 5.10. The zero-order valence-electron chi connectivity index (χ0n) is 17.6. The zero-order chi connectivity index (χ0) is 23.0. The maximum atomic E-state index is 12.4. The van der Waals surface area contributed by atoms with E-state index >= 15 is 0 Å². The highest BCUT2D eigenvalue weighted by Gasteiger charge is 2.47. The van der Waals surface area contributed by atoms with Crippen LogP contribution in [0.2, 0.25) is 0 Å². The number of esters is 1. The average Bonchev–Trinajstić information content (AvgIpc) is 2.54. The Labute approximate surface area is 170 Å². The Bertz CT molecular complexity index is 716. The van der Waals surface area contributed by atoms with E-state index in [0.29, 0.717) is 0 Å². The summed E-state index contributed by atoms with van der Waals surface area (Å²) in [6.07, 6.45) is -3.54. The molecule has 0 rings (SSSR count). The first-order valence-corrected chi connectivity index (χ1v) is 10.4. The van der Waals surface area contributed by atoms with Crippen LogP contribution in [0.1, 0.15) is 40.5 Å². The molecule has 2 amide bonds. The minimum absolute atomic E-state index is 0.0585. The molecule has 0 radical (unpaired) electrons. The molecule has 0 aromatic heterocycles. The molecule has 0 aliphatic rings. The van der Waals surface area contributed by atoms with Gasteiger partial charge in [0.25, 0.3) is 10.1 Å². The quantitative estimate of drug-likeness (QED) is 0.238. The molecule has 0 spiro atoms. The number of rotatable bonds is 12. The Morgan fingerprint density at radius 2 is 1.69 bits per heavy atom. The highest BCUT2D eigenvalue weighted by Crippen LogP contribution is 2.34. The second kappa shape index (κ2) is 11.1. The second-order valence-electron chi connectivity index (χ2n) is 7.32. The molecule has 0 saturated heterocycles. The van der Waals surface area contributed by atoms with Crippen molar-refractivity contribution in [1.29, 1.82) is 0 Å². The number of nitrogens with one attached hydrogen (secondary N) is 1. The Kier molecular flexibility index (Phi) is 10.3. The van der Waals surface area contributed by atoms with Gasteiger partial charge in [-0.25, -0.2) is 4.79 Å². The van der Waals surface area contributed by atoms with E-state index in [9.17, 15) is 32.7 Å². The topological polar surface area (TPSA) is 156 Å². The van der Waals surface area contributed by atoms with Crippen LogP contribution in [0.25, 0.3) is 0 Å². The lowest BCUT2D eigenvalue weighted by atomic mass is 9.79. The van der Waals surface area contributed by atoms with Crippen LogP contribution in [0.5, 0.6) is 0 Å². The third kappa shape index (κ3) is 9.70. The third-order valence-corrected chi connectivity index (χ3v) is 5.39. The van der Waals surface area contributed by atoms with Crippen LogP contribution in [-0.4, -0.2) is 80.8 Å². The number of nitrogens with zero attached hydrogens (tertiary/aromatic N) is 1. The fourth-order valence-corrected chi connectivity index (χ4v) is 3.62. The molecule has 0 aliphatic carbocycles. The van der Waals surface area contributed by atoms with Gasteiger partial charge in [0.1, 0.15) is 0 Å². The molecule has 0 heterocycles. The number of amides is 2. The predicted molar refractivity (Wildman–Crippen MR) is 102 cm³/mol. The predicted octanol–water partition coefficient (Wildman–Crippen LogP) is -0.252. The van der Waals surface area contributed by atoms with Gasteiger partial charge in [-0.15, -0.1) is 0 Å². The highest BCUT2D eigenvalue weighted by atomic mass is 32.2. The Morgan fingerprint density at radius 3 is 2.10 bits per heavy atom. The summed E-state index contributed by atoms with van der Waals surface area (Å²) in [5.41, 5.74) is -1.56. The SMILES string of the molecule is CC(=O)NCCCS(=O)(=O)OC(CC(=O)N(C)C)C(C)(C)[C@@H](OC(C)=O)C(=O)O. The Hall–Kier alpha value is -2.21. The van der Waals surface area contributed by atoms with Gasteiger partial charge in [-0.2, -0.15) is 8.42 Å². The van der Waals surface area contributed by atoms with Crippen molar-refractivity contribution in [3.8, 4) is 0 Å². The minimum Gasteiger partial charge on any atom is -0.478 e. The van der Waals surface area contributed by atoms with E-state index in [0.717, 1.165) is 6.92 Å². The molecular formula is C17H30N2O9S. The highest BCUT2D eigenvalue weighted by molar-refractivity contribution is 7.86. The zero-order valence-corrected chi connectivity index (χ0v) is 18.4. The van der Waals surface area contributed by atoms with Crippen LogP contribution in [0.3, 0.4) is 0 Å². The number of hydrogen-bond acceptors (Lipinski definition) is 8. The maximum Gasteiger partial charge on any atom is 0.345 e. The van der Waals surface area contributed by atoms with E-state index in [1.807, 2.05) is 0 Å². The molecule has 0 bridgehead atoms.